The standard InChI is InChI=1S/C10H11Cl2NO2/c1-3-7-9(10(14)15-4-2)6(11)5-8(12)13-7/h5H,3-4H2,1-2H3. The molecule has 3 nitrogen and oxygen atoms in total. The summed E-state index contributed by atoms with van der Waals surface area (Å²) >= 11 is 11.7. The van der Waals surface area contributed by atoms with Crippen molar-refractivity contribution in [1.82, 2.24) is 4.98 Å². The number of halogens is 2. The minimum absolute atomic E-state index is 0.282. The average molecular weight is 248 g/mol. The lowest BCUT2D eigenvalue weighted by molar-refractivity contribution is 0.0525. The maximum Gasteiger partial charge on any atom is 0.341 e. The summed E-state index contributed by atoms with van der Waals surface area (Å²) in [4.78, 5) is 15.6. The Kier molecular flexibility index (Phi) is 4.36. The second-order valence-electron chi connectivity index (χ2n) is 2.82. The van der Waals surface area contributed by atoms with Crippen LogP contribution in [0.2, 0.25) is 10.2 Å². The molecule has 0 saturated heterocycles. The van der Waals surface area contributed by atoms with Crippen molar-refractivity contribution in [2.24, 2.45) is 0 Å². The van der Waals surface area contributed by atoms with Crippen molar-refractivity contribution >= 4 is 29.2 Å². The highest BCUT2D eigenvalue weighted by atomic mass is 35.5. The van der Waals surface area contributed by atoms with Gasteiger partial charge in [-0.25, -0.2) is 9.78 Å². The van der Waals surface area contributed by atoms with Gasteiger partial charge in [0, 0.05) is 0 Å². The van der Waals surface area contributed by atoms with Gasteiger partial charge in [0.2, 0.25) is 0 Å². The Morgan fingerprint density at radius 1 is 1.47 bits per heavy atom. The van der Waals surface area contributed by atoms with E-state index in [0.717, 1.165) is 0 Å². The third-order valence-electron chi connectivity index (χ3n) is 1.83. The van der Waals surface area contributed by atoms with E-state index in [1.165, 1.54) is 6.07 Å². The topological polar surface area (TPSA) is 39.2 Å². The number of nitrogens with zero attached hydrogens (tertiary/aromatic N) is 1. The van der Waals surface area contributed by atoms with E-state index in [4.69, 9.17) is 27.9 Å². The zero-order chi connectivity index (χ0) is 11.4. The van der Waals surface area contributed by atoms with Crippen LogP contribution in [0, 0.1) is 0 Å². The average Bonchev–Trinajstić information content (AvgIpc) is 2.16. The lowest BCUT2D eigenvalue weighted by Gasteiger charge is -2.08. The van der Waals surface area contributed by atoms with Crippen LogP contribution in [0.25, 0.3) is 0 Å². The Balaban J connectivity index is 3.20. The van der Waals surface area contributed by atoms with Crippen LogP contribution in [0.4, 0.5) is 0 Å². The van der Waals surface area contributed by atoms with E-state index in [9.17, 15) is 4.79 Å². The van der Waals surface area contributed by atoms with Gasteiger partial charge in [-0.3, -0.25) is 0 Å². The van der Waals surface area contributed by atoms with Crippen LogP contribution in [0.3, 0.4) is 0 Å². The van der Waals surface area contributed by atoms with Gasteiger partial charge in [0.1, 0.15) is 5.15 Å². The first-order chi connectivity index (χ1) is 7.10. The molecule has 0 aliphatic carbocycles. The number of pyridine rings is 1. The van der Waals surface area contributed by atoms with Crippen molar-refractivity contribution in [3.05, 3.63) is 27.5 Å². The molecule has 0 unspecified atom stereocenters. The molecule has 0 aliphatic rings. The monoisotopic (exact) mass is 247 g/mol. The minimum Gasteiger partial charge on any atom is -0.462 e. The summed E-state index contributed by atoms with van der Waals surface area (Å²) in [5, 5.41) is 0.565. The van der Waals surface area contributed by atoms with Gasteiger partial charge in [-0.15, -0.1) is 0 Å². The number of aromatic nitrogens is 1. The first-order valence-corrected chi connectivity index (χ1v) is 5.37. The Labute approximate surface area is 98.4 Å². The number of aryl methyl sites for hydroxylation is 1. The quantitative estimate of drug-likeness (QED) is 0.609. The molecule has 1 rings (SSSR count). The van der Waals surface area contributed by atoms with E-state index in [-0.39, 0.29) is 10.2 Å². The smallest absolute Gasteiger partial charge is 0.341 e. The summed E-state index contributed by atoms with van der Waals surface area (Å²) in [7, 11) is 0. The van der Waals surface area contributed by atoms with Crippen LogP contribution >= 0.6 is 23.2 Å². The molecule has 0 spiro atoms. The highest BCUT2D eigenvalue weighted by Gasteiger charge is 2.18. The lowest BCUT2D eigenvalue weighted by Crippen LogP contribution is -2.10. The predicted octanol–water partition coefficient (Wildman–Crippen LogP) is 3.13. The molecule has 0 radical (unpaired) electrons. The first-order valence-electron chi connectivity index (χ1n) is 4.62. The van der Waals surface area contributed by atoms with Crippen LogP contribution in [-0.4, -0.2) is 17.6 Å². The molecule has 1 aromatic heterocycles. The van der Waals surface area contributed by atoms with E-state index in [1.807, 2.05) is 6.92 Å². The van der Waals surface area contributed by atoms with Gasteiger partial charge < -0.3 is 4.74 Å². The molecule has 5 heteroatoms. The number of esters is 1. The van der Waals surface area contributed by atoms with Crippen LogP contribution in [0.1, 0.15) is 29.9 Å². The number of carbonyl (C=O) groups is 1. The number of rotatable bonds is 3. The van der Waals surface area contributed by atoms with Crippen molar-refractivity contribution in [3.63, 3.8) is 0 Å². The Morgan fingerprint density at radius 2 is 2.13 bits per heavy atom. The predicted molar refractivity (Wildman–Crippen MR) is 59.6 cm³/mol. The summed E-state index contributed by atoms with van der Waals surface area (Å²) in [6, 6.07) is 1.44. The lowest BCUT2D eigenvalue weighted by atomic mass is 10.1. The fraction of sp³-hybridized carbons (Fsp3) is 0.400. The third kappa shape index (κ3) is 2.83. The van der Waals surface area contributed by atoms with Gasteiger partial charge in [0.05, 0.1) is 22.9 Å². The Bertz CT molecular complexity index is 380. The van der Waals surface area contributed by atoms with Gasteiger partial charge in [0.15, 0.2) is 0 Å². The maximum absolute atomic E-state index is 11.6. The molecular formula is C10H11Cl2NO2. The van der Waals surface area contributed by atoms with Crippen LogP contribution < -0.4 is 0 Å². The van der Waals surface area contributed by atoms with E-state index < -0.39 is 5.97 Å². The Hall–Kier alpha value is -0.800. The van der Waals surface area contributed by atoms with Crippen LogP contribution in [-0.2, 0) is 11.2 Å². The van der Waals surface area contributed by atoms with Gasteiger partial charge in [-0.2, -0.15) is 0 Å². The molecule has 0 aromatic carbocycles. The van der Waals surface area contributed by atoms with E-state index in [2.05, 4.69) is 4.98 Å². The molecular weight excluding hydrogens is 237 g/mol. The van der Waals surface area contributed by atoms with Gasteiger partial charge in [-0.1, -0.05) is 30.1 Å². The molecule has 0 N–H and O–H groups in total. The Morgan fingerprint density at radius 3 is 2.67 bits per heavy atom. The van der Waals surface area contributed by atoms with E-state index >= 15 is 0 Å². The summed E-state index contributed by atoms with van der Waals surface area (Å²) in [6.07, 6.45) is 0.578. The molecule has 82 valence electrons. The van der Waals surface area contributed by atoms with Gasteiger partial charge in [0.25, 0.3) is 0 Å². The molecule has 0 aliphatic heterocycles. The summed E-state index contributed by atoms with van der Waals surface area (Å²) < 4.78 is 4.88. The molecule has 0 fully saturated rings. The normalized spacial score (nSPS) is 10.1. The van der Waals surface area contributed by atoms with Crippen molar-refractivity contribution in [2.75, 3.05) is 6.61 Å². The fourth-order valence-electron chi connectivity index (χ4n) is 1.21. The van der Waals surface area contributed by atoms with Crippen molar-refractivity contribution in [2.45, 2.75) is 20.3 Å². The maximum atomic E-state index is 11.6. The molecule has 15 heavy (non-hydrogen) atoms. The van der Waals surface area contributed by atoms with E-state index in [0.29, 0.717) is 24.3 Å². The summed E-state index contributed by atoms with van der Waals surface area (Å²) in [6.45, 7) is 3.92. The molecule has 0 saturated carbocycles. The van der Waals surface area contributed by atoms with Crippen LogP contribution in [0.5, 0.6) is 0 Å². The van der Waals surface area contributed by atoms with E-state index in [1.54, 1.807) is 6.92 Å². The van der Waals surface area contributed by atoms with Gasteiger partial charge in [-0.05, 0) is 19.4 Å². The van der Waals surface area contributed by atoms with Crippen LogP contribution in [0.15, 0.2) is 6.07 Å². The number of hydrogen-bond donors (Lipinski definition) is 0. The molecule has 0 bridgehead atoms. The van der Waals surface area contributed by atoms with Crippen molar-refractivity contribution < 1.29 is 9.53 Å². The second-order valence-corrected chi connectivity index (χ2v) is 3.62. The molecule has 0 atom stereocenters. The second kappa shape index (κ2) is 5.33. The fourth-order valence-corrected chi connectivity index (χ4v) is 1.76. The summed E-state index contributed by atoms with van der Waals surface area (Å²) in [5.74, 6) is -0.455. The molecule has 1 heterocycles. The third-order valence-corrected chi connectivity index (χ3v) is 2.32. The highest BCUT2D eigenvalue weighted by Crippen LogP contribution is 2.23. The largest absolute Gasteiger partial charge is 0.462 e. The SMILES string of the molecule is CCOC(=O)c1c(Cl)cc(Cl)nc1CC. The minimum atomic E-state index is -0.455. The molecule has 1 aromatic rings. The summed E-state index contributed by atoms with van der Waals surface area (Å²) in [5.41, 5.74) is 0.872. The number of hydrogen-bond acceptors (Lipinski definition) is 3. The number of carbonyl (C=O) groups excluding carboxylic acids is 1. The zero-order valence-corrected chi connectivity index (χ0v) is 10.0. The number of ether oxygens (including phenoxy) is 1. The zero-order valence-electron chi connectivity index (χ0n) is 8.51. The van der Waals surface area contributed by atoms with Crippen molar-refractivity contribution in [3.8, 4) is 0 Å². The van der Waals surface area contributed by atoms with Crippen molar-refractivity contribution in [1.29, 1.82) is 0 Å². The first kappa shape index (κ1) is 12.3. The molecule has 0 amide bonds. The highest BCUT2D eigenvalue weighted by molar-refractivity contribution is 6.36. The van der Waals surface area contributed by atoms with Gasteiger partial charge >= 0.3 is 5.97 Å².